The lowest BCUT2D eigenvalue weighted by Crippen LogP contribution is -2.30. The van der Waals surface area contributed by atoms with Gasteiger partial charge < -0.3 is 19.5 Å². The standard InChI is InChI=1S/C18H24N2O7S/c1-3-20(4-2)28(23,24)15-7-5-14(6-8-15)11-19-17(21)13-27-18(22)16-12-25-9-10-26-16/h5-8,12H,3-4,9-11,13H2,1-2H3,(H,19,21). The molecule has 1 aromatic rings. The predicted molar refractivity (Wildman–Crippen MR) is 99.3 cm³/mol. The van der Waals surface area contributed by atoms with Gasteiger partial charge in [0.05, 0.1) is 4.90 Å². The van der Waals surface area contributed by atoms with Crippen LogP contribution in [0.15, 0.2) is 41.2 Å². The molecular weight excluding hydrogens is 388 g/mol. The molecule has 1 aliphatic rings. The van der Waals surface area contributed by atoms with E-state index in [0.717, 1.165) is 6.26 Å². The average molecular weight is 412 g/mol. The summed E-state index contributed by atoms with van der Waals surface area (Å²) in [5.41, 5.74) is 0.713. The quantitative estimate of drug-likeness (QED) is 0.596. The summed E-state index contributed by atoms with van der Waals surface area (Å²) in [6.07, 6.45) is 1.15. The van der Waals surface area contributed by atoms with Gasteiger partial charge in [-0.2, -0.15) is 4.31 Å². The molecule has 1 aromatic carbocycles. The molecule has 0 fully saturated rings. The van der Waals surface area contributed by atoms with E-state index >= 15 is 0 Å². The predicted octanol–water partition coefficient (Wildman–Crippen LogP) is 0.765. The fourth-order valence-corrected chi connectivity index (χ4v) is 3.88. The number of nitrogens with zero attached hydrogens (tertiary/aromatic N) is 1. The Morgan fingerprint density at radius 3 is 2.39 bits per heavy atom. The Hall–Kier alpha value is -2.59. The Kier molecular flexibility index (Phi) is 7.82. The molecule has 0 unspecified atom stereocenters. The van der Waals surface area contributed by atoms with Crippen molar-refractivity contribution in [3.63, 3.8) is 0 Å². The minimum absolute atomic E-state index is 0.0796. The Balaban J connectivity index is 1.83. The van der Waals surface area contributed by atoms with Crippen molar-refractivity contribution in [2.24, 2.45) is 0 Å². The van der Waals surface area contributed by atoms with E-state index in [2.05, 4.69) is 5.32 Å². The lowest BCUT2D eigenvalue weighted by molar-refractivity contribution is -0.149. The van der Waals surface area contributed by atoms with Gasteiger partial charge in [-0.25, -0.2) is 13.2 Å². The smallest absolute Gasteiger partial charge is 0.377 e. The highest BCUT2D eigenvalue weighted by atomic mass is 32.2. The molecule has 0 saturated heterocycles. The fourth-order valence-electron chi connectivity index (χ4n) is 2.42. The molecule has 1 N–H and O–H groups in total. The van der Waals surface area contributed by atoms with Crippen molar-refractivity contribution in [3.8, 4) is 0 Å². The van der Waals surface area contributed by atoms with Gasteiger partial charge in [-0.05, 0) is 17.7 Å². The van der Waals surface area contributed by atoms with E-state index in [-0.39, 0.29) is 23.8 Å². The maximum absolute atomic E-state index is 12.4. The van der Waals surface area contributed by atoms with Crippen molar-refractivity contribution in [1.29, 1.82) is 0 Å². The number of nitrogens with one attached hydrogen (secondary N) is 1. The van der Waals surface area contributed by atoms with E-state index in [1.165, 1.54) is 16.4 Å². The third-order valence-electron chi connectivity index (χ3n) is 3.94. The molecule has 0 atom stereocenters. The number of carbonyl (C=O) groups excluding carboxylic acids is 2. The van der Waals surface area contributed by atoms with Gasteiger partial charge in [0, 0.05) is 19.6 Å². The van der Waals surface area contributed by atoms with Gasteiger partial charge in [-0.3, -0.25) is 4.79 Å². The molecular formula is C18H24N2O7S. The normalized spacial score (nSPS) is 13.9. The van der Waals surface area contributed by atoms with Crippen molar-refractivity contribution in [2.45, 2.75) is 25.3 Å². The molecule has 1 aliphatic heterocycles. The highest BCUT2D eigenvalue weighted by Gasteiger charge is 2.21. The zero-order chi connectivity index (χ0) is 20.6. The highest BCUT2D eigenvalue weighted by Crippen LogP contribution is 2.16. The van der Waals surface area contributed by atoms with Crippen molar-refractivity contribution < 1.29 is 32.2 Å². The van der Waals surface area contributed by atoms with Crippen LogP contribution in [0.5, 0.6) is 0 Å². The van der Waals surface area contributed by atoms with Crippen LogP contribution < -0.4 is 5.32 Å². The van der Waals surface area contributed by atoms with Gasteiger partial charge in [-0.1, -0.05) is 26.0 Å². The Morgan fingerprint density at radius 2 is 1.82 bits per heavy atom. The van der Waals surface area contributed by atoms with Gasteiger partial charge in [0.25, 0.3) is 5.91 Å². The molecule has 0 aromatic heterocycles. The molecule has 0 bridgehead atoms. The van der Waals surface area contributed by atoms with E-state index in [1.54, 1.807) is 26.0 Å². The first kappa shape index (κ1) is 21.7. The summed E-state index contributed by atoms with van der Waals surface area (Å²) >= 11 is 0. The van der Waals surface area contributed by atoms with Crippen LogP contribution in [-0.2, 0) is 40.4 Å². The van der Waals surface area contributed by atoms with Crippen LogP contribution in [0.4, 0.5) is 0 Å². The molecule has 0 aliphatic carbocycles. The fraction of sp³-hybridized carbons (Fsp3) is 0.444. The summed E-state index contributed by atoms with van der Waals surface area (Å²) < 4.78 is 41.1. The SMILES string of the molecule is CCN(CC)S(=O)(=O)c1ccc(CNC(=O)COC(=O)C2=COCCO2)cc1. The van der Waals surface area contributed by atoms with E-state index < -0.39 is 28.5 Å². The van der Waals surface area contributed by atoms with Gasteiger partial charge in [0.2, 0.25) is 15.8 Å². The second-order valence-electron chi connectivity index (χ2n) is 5.79. The first-order chi connectivity index (χ1) is 13.4. The van der Waals surface area contributed by atoms with Crippen LogP contribution in [-0.4, -0.2) is 57.5 Å². The van der Waals surface area contributed by atoms with Gasteiger partial charge in [0.15, 0.2) is 6.61 Å². The van der Waals surface area contributed by atoms with Crippen molar-refractivity contribution in [1.82, 2.24) is 9.62 Å². The number of esters is 1. The van der Waals surface area contributed by atoms with E-state index in [1.807, 2.05) is 0 Å². The topological polar surface area (TPSA) is 111 Å². The van der Waals surface area contributed by atoms with Crippen LogP contribution in [0.1, 0.15) is 19.4 Å². The molecule has 28 heavy (non-hydrogen) atoms. The Bertz CT molecular complexity index is 815. The third-order valence-corrected chi connectivity index (χ3v) is 6.01. The summed E-state index contributed by atoms with van der Waals surface area (Å²) in [5, 5.41) is 2.59. The first-order valence-electron chi connectivity index (χ1n) is 8.86. The molecule has 10 heteroatoms. The summed E-state index contributed by atoms with van der Waals surface area (Å²) in [7, 11) is -3.52. The third kappa shape index (κ3) is 5.70. The maximum atomic E-state index is 12.4. The molecule has 1 heterocycles. The van der Waals surface area contributed by atoms with Crippen LogP contribution in [0.25, 0.3) is 0 Å². The first-order valence-corrected chi connectivity index (χ1v) is 10.3. The molecule has 0 spiro atoms. The zero-order valence-electron chi connectivity index (χ0n) is 15.8. The largest absolute Gasteiger partial charge is 0.493 e. The summed E-state index contributed by atoms with van der Waals surface area (Å²) in [6.45, 7) is 4.65. The van der Waals surface area contributed by atoms with Crippen LogP contribution in [0.2, 0.25) is 0 Å². The molecule has 0 saturated carbocycles. The molecule has 154 valence electrons. The number of ether oxygens (including phenoxy) is 3. The maximum Gasteiger partial charge on any atom is 0.377 e. The number of benzene rings is 1. The number of carbonyl (C=O) groups is 2. The number of hydrogen-bond acceptors (Lipinski definition) is 7. The van der Waals surface area contributed by atoms with E-state index in [9.17, 15) is 18.0 Å². The van der Waals surface area contributed by atoms with Gasteiger partial charge >= 0.3 is 5.97 Å². The second-order valence-corrected chi connectivity index (χ2v) is 7.73. The lowest BCUT2D eigenvalue weighted by atomic mass is 10.2. The summed E-state index contributed by atoms with van der Waals surface area (Å²) in [6, 6.07) is 6.26. The minimum atomic E-state index is -3.52. The lowest BCUT2D eigenvalue weighted by Gasteiger charge is -2.18. The molecule has 0 radical (unpaired) electrons. The van der Waals surface area contributed by atoms with Crippen LogP contribution in [0, 0.1) is 0 Å². The van der Waals surface area contributed by atoms with Gasteiger partial charge in [-0.15, -0.1) is 0 Å². The number of amides is 1. The van der Waals surface area contributed by atoms with E-state index in [0.29, 0.717) is 25.3 Å². The Morgan fingerprint density at radius 1 is 1.14 bits per heavy atom. The minimum Gasteiger partial charge on any atom is -0.493 e. The number of sulfonamides is 1. The second kappa shape index (κ2) is 10.1. The van der Waals surface area contributed by atoms with Crippen molar-refractivity contribution in [2.75, 3.05) is 32.9 Å². The Labute approximate surface area is 164 Å². The van der Waals surface area contributed by atoms with Gasteiger partial charge in [0.1, 0.15) is 19.5 Å². The number of rotatable bonds is 9. The zero-order valence-corrected chi connectivity index (χ0v) is 16.7. The summed E-state index contributed by atoms with van der Waals surface area (Å²) in [5.74, 6) is -1.35. The summed E-state index contributed by atoms with van der Waals surface area (Å²) in [4.78, 5) is 23.7. The van der Waals surface area contributed by atoms with Crippen molar-refractivity contribution in [3.05, 3.63) is 41.9 Å². The molecule has 1 amide bonds. The molecule has 9 nitrogen and oxygen atoms in total. The average Bonchev–Trinajstić information content (AvgIpc) is 2.72. The van der Waals surface area contributed by atoms with Crippen LogP contribution >= 0.6 is 0 Å². The molecule has 2 rings (SSSR count). The van der Waals surface area contributed by atoms with Crippen molar-refractivity contribution >= 4 is 21.9 Å². The van der Waals surface area contributed by atoms with Crippen LogP contribution in [0.3, 0.4) is 0 Å². The van der Waals surface area contributed by atoms with E-state index in [4.69, 9.17) is 14.2 Å². The monoisotopic (exact) mass is 412 g/mol. The number of hydrogen-bond donors (Lipinski definition) is 1. The highest BCUT2D eigenvalue weighted by molar-refractivity contribution is 7.89.